The molecule has 0 spiro atoms. The number of aromatic hydroxyl groups is 1. The van der Waals surface area contributed by atoms with Gasteiger partial charge in [-0.05, 0) is 53.9 Å². The fourth-order valence-electron chi connectivity index (χ4n) is 4.15. The monoisotopic (exact) mass is 479 g/mol. The van der Waals surface area contributed by atoms with Crippen LogP contribution in [0.25, 0.3) is 0 Å². The normalized spacial score (nSPS) is 15.5. The first-order valence-electron chi connectivity index (χ1n) is 10.8. The van der Waals surface area contributed by atoms with Crippen molar-refractivity contribution in [3.05, 3.63) is 83.0 Å². The maximum Gasteiger partial charge on any atom is 0.290 e. The van der Waals surface area contributed by atoms with Gasteiger partial charge in [-0.1, -0.05) is 12.1 Å². The number of benzene rings is 2. The van der Waals surface area contributed by atoms with Crippen LogP contribution in [0.15, 0.2) is 70.5 Å². The summed E-state index contributed by atoms with van der Waals surface area (Å²) >= 11 is 0. The number of furan rings is 1. The van der Waals surface area contributed by atoms with Gasteiger partial charge >= 0.3 is 0 Å². The van der Waals surface area contributed by atoms with Crippen LogP contribution in [0.2, 0.25) is 0 Å². The molecule has 3 aromatic rings. The zero-order valence-electron chi connectivity index (χ0n) is 19.5. The Balaban J connectivity index is 1.71. The molecule has 9 nitrogen and oxygen atoms in total. The number of aliphatic hydroxyl groups excluding tert-OH is 1. The summed E-state index contributed by atoms with van der Waals surface area (Å²) in [7, 11) is 4.48. The molecule has 0 fully saturated rings. The van der Waals surface area contributed by atoms with Gasteiger partial charge in [0.1, 0.15) is 0 Å². The minimum atomic E-state index is -0.922. The predicted molar refractivity (Wildman–Crippen MR) is 125 cm³/mol. The first-order valence-corrected chi connectivity index (χ1v) is 10.8. The highest BCUT2D eigenvalue weighted by Crippen LogP contribution is 2.41. The minimum absolute atomic E-state index is 0.00293. The summed E-state index contributed by atoms with van der Waals surface area (Å²) in [5.74, 6) is -0.729. The van der Waals surface area contributed by atoms with E-state index in [0.717, 1.165) is 5.56 Å². The molecular formula is C26H25NO8. The zero-order valence-corrected chi connectivity index (χ0v) is 19.5. The summed E-state index contributed by atoms with van der Waals surface area (Å²) < 4.78 is 21.1. The molecule has 0 saturated heterocycles. The average Bonchev–Trinajstić information content (AvgIpc) is 3.50. The number of aliphatic hydroxyl groups is 1. The lowest BCUT2D eigenvalue weighted by Gasteiger charge is -2.27. The molecule has 1 aliphatic rings. The van der Waals surface area contributed by atoms with E-state index in [-0.39, 0.29) is 29.4 Å². The third-order valence-corrected chi connectivity index (χ3v) is 5.90. The second-order valence-corrected chi connectivity index (χ2v) is 7.84. The van der Waals surface area contributed by atoms with E-state index in [9.17, 15) is 19.8 Å². The lowest BCUT2D eigenvalue weighted by molar-refractivity contribution is -0.129. The molecular weight excluding hydrogens is 454 g/mol. The SMILES string of the molecule is COc1cc([C@H]2C(C(=O)c3ccco3)=C(O)C(=O)N2CCc2ccc(OC)c(OC)c2)ccc1O. The molecule has 0 saturated carbocycles. The summed E-state index contributed by atoms with van der Waals surface area (Å²) in [5.41, 5.74) is 1.24. The second kappa shape index (κ2) is 9.84. The number of carbonyl (C=O) groups excluding carboxylic acids is 2. The predicted octanol–water partition coefficient (Wildman–Crippen LogP) is 3.83. The molecule has 1 amide bonds. The van der Waals surface area contributed by atoms with Crippen LogP contribution < -0.4 is 14.2 Å². The maximum absolute atomic E-state index is 13.2. The Bertz CT molecular complexity index is 1280. The Morgan fingerprint density at radius 1 is 0.971 bits per heavy atom. The van der Waals surface area contributed by atoms with Crippen molar-refractivity contribution in [1.29, 1.82) is 0 Å². The first-order chi connectivity index (χ1) is 16.9. The van der Waals surface area contributed by atoms with Crippen LogP contribution in [0, 0.1) is 0 Å². The van der Waals surface area contributed by atoms with Crippen LogP contribution in [0.3, 0.4) is 0 Å². The number of methoxy groups -OCH3 is 3. The first kappa shape index (κ1) is 23.7. The van der Waals surface area contributed by atoms with Crippen LogP contribution in [-0.2, 0) is 11.2 Å². The molecule has 35 heavy (non-hydrogen) atoms. The number of phenolic OH excluding ortho intramolecular Hbond substituents is 1. The molecule has 0 aliphatic carbocycles. The molecule has 2 aromatic carbocycles. The number of hydrogen-bond acceptors (Lipinski definition) is 8. The Morgan fingerprint density at radius 3 is 2.37 bits per heavy atom. The van der Waals surface area contributed by atoms with Crippen LogP contribution in [0.4, 0.5) is 0 Å². The molecule has 9 heteroatoms. The van der Waals surface area contributed by atoms with Crippen molar-refractivity contribution < 1.29 is 38.4 Å². The highest BCUT2D eigenvalue weighted by Gasteiger charge is 2.44. The second-order valence-electron chi connectivity index (χ2n) is 7.84. The third-order valence-electron chi connectivity index (χ3n) is 5.90. The van der Waals surface area contributed by atoms with E-state index in [1.807, 2.05) is 6.07 Å². The van der Waals surface area contributed by atoms with Gasteiger partial charge < -0.3 is 33.7 Å². The van der Waals surface area contributed by atoms with Crippen molar-refractivity contribution in [2.75, 3.05) is 27.9 Å². The molecule has 182 valence electrons. The summed E-state index contributed by atoms with van der Waals surface area (Å²) in [6.45, 7) is 0.182. The van der Waals surface area contributed by atoms with E-state index in [4.69, 9.17) is 18.6 Å². The number of ether oxygens (including phenoxy) is 3. The van der Waals surface area contributed by atoms with Gasteiger partial charge in [0, 0.05) is 6.54 Å². The van der Waals surface area contributed by atoms with E-state index in [1.54, 1.807) is 31.4 Å². The van der Waals surface area contributed by atoms with Crippen LogP contribution in [0.5, 0.6) is 23.0 Å². The summed E-state index contributed by atoms with van der Waals surface area (Å²) in [6, 6.07) is 12.0. The molecule has 1 aromatic heterocycles. The lowest BCUT2D eigenvalue weighted by Crippen LogP contribution is -2.33. The Kier molecular flexibility index (Phi) is 6.68. The van der Waals surface area contributed by atoms with Crippen molar-refractivity contribution in [2.45, 2.75) is 12.5 Å². The molecule has 2 N–H and O–H groups in total. The molecule has 1 aliphatic heterocycles. The fraction of sp³-hybridized carbons (Fsp3) is 0.231. The number of Topliss-reactive ketones (excluding diaryl/α,β-unsaturated/α-hetero) is 1. The highest BCUT2D eigenvalue weighted by molar-refractivity contribution is 6.15. The summed E-state index contributed by atoms with van der Waals surface area (Å²) in [6.07, 6.45) is 1.75. The van der Waals surface area contributed by atoms with Gasteiger partial charge in [0.05, 0.1) is 39.2 Å². The van der Waals surface area contributed by atoms with Gasteiger partial charge in [-0.2, -0.15) is 0 Å². The Morgan fingerprint density at radius 2 is 1.71 bits per heavy atom. The number of hydrogen-bond donors (Lipinski definition) is 2. The minimum Gasteiger partial charge on any atom is -0.504 e. The molecule has 0 unspecified atom stereocenters. The third kappa shape index (κ3) is 4.40. The molecule has 2 heterocycles. The largest absolute Gasteiger partial charge is 0.504 e. The van der Waals surface area contributed by atoms with Gasteiger partial charge in [0.2, 0.25) is 5.78 Å². The molecule has 1 atom stereocenters. The van der Waals surface area contributed by atoms with E-state index in [1.165, 1.54) is 43.6 Å². The molecule has 0 bridgehead atoms. The number of ketones is 1. The highest BCUT2D eigenvalue weighted by atomic mass is 16.5. The molecule has 0 radical (unpaired) electrons. The van der Waals surface area contributed by atoms with E-state index < -0.39 is 23.5 Å². The van der Waals surface area contributed by atoms with E-state index >= 15 is 0 Å². The lowest BCUT2D eigenvalue weighted by atomic mass is 9.94. The van der Waals surface area contributed by atoms with Crippen molar-refractivity contribution in [3.63, 3.8) is 0 Å². The smallest absolute Gasteiger partial charge is 0.290 e. The van der Waals surface area contributed by atoms with Gasteiger partial charge in [0.25, 0.3) is 5.91 Å². The van der Waals surface area contributed by atoms with Crippen molar-refractivity contribution in [1.82, 2.24) is 4.90 Å². The fourth-order valence-corrected chi connectivity index (χ4v) is 4.15. The molecule has 4 rings (SSSR count). The van der Waals surface area contributed by atoms with Crippen molar-refractivity contribution in [3.8, 4) is 23.0 Å². The Hall–Kier alpha value is -4.40. The summed E-state index contributed by atoms with van der Waals surface area (Å²) in [5, 5.41) is 20.8. The number of amides is 1. The number of rotatable bonds is 9. The number of carbonyl (C=O) groups is 2. The number of nitrogens with zero attached hydrogens (tertiary/aromatic N) is 1. The van der Waals surface area contributed by atoms with Crippen LogP contribution in [0.1, 0.15) is 27.7 Å². The van der Waals surface area contributed by atoms with Crippen LogP contribution in [-0.4, -0.2) is 54.7 Å². The van der Waals surface area contributed by atoms with Gasteiger partial charge in [-0.15, -0.1) is 0 Å². The van der Waals surface area contributed by atoms with Gasteiger partial charge in [-0.25, -0.2) is 0 Å². The van der Waals surface area contributed by atoms with Gasteiger partial charge in [0.15, 0.2) is 34.5 Å². The quantitative estimate of drug-likeness (QED) is 0.445. The average molecular weight is 479 g/mol. The topological polar surface area (TPSA) is 119 Å². The van der Waals surface area contributed by atoms with Crippen LogP contribution >= 0.6 is 0 Å². The van der Waals surface area contributed by atoms with E-state index in [0.29, 0.717) is 23.5 Å². The van der Waals surface area contributed by atoms with Crippen molar-refractivity contribution >= 4 is 11.7 Å². The standard InChI is InChI=1S/C26H25NO8/c1-32-18-9-6-15(13-21(18)34-3)10-11-27-23(16-7-8-17(28)20(14-16)33-2)22(25(30)26(27)31)24(29)19-5-4-12-35-19/h4-9,12-14,23,28,30H,10-11H2,1-3H3/t23-/m0/s1. The maximum atomic E-state index is 13.2. The van der Waals surface area contributed by atoms with Gasteiger partial charge in [-0.3, -0.25) is 9.59 Å². The zero-order chi connectivity index (χ0) is 25.1. The van der Waals surface area contributed by atoms with E-state index in [2.05, 4.69) is 0 Å². The summed E-state index contributed by atoms with van der Waals surface area (Å²) in [4.78, 5) is 27.8. The Labute approximate surface area is 201 Å². The van der Waals surface area contributed by atoms with Crippen molar-refractivity contribution in [2.24, 2.45) is 0 Å². The number of phenols is 1.